The summed E-state index contributed by atoms with van der Waals surface area (Å²) in [7, 11) is 0. The van der Waals surface area contributed by atoms with E-state index in [0.29, 0.717) is 48.3 Å². The van der Waals surface area contributed by atoms with Crippen molar-refractivity contribution in [2.24, 2.45) is 46.3 Å². The van der Waals surface area contributed by atoms with Crippen LogP contribution in [0.4, 0.5) is 0 Å². The third-order valence-corrected chi connectivity index (χ3v) is 19.6. The van der Waals surface area contributed by atoms with Crippen molar-refractivity contribution in [2.75, 3.05) is 19.8 Å². The normalized spacial score (nSPS) is 58.0. The molecule has 0 amide bonds. The molecule has 6 heterocycles. The molecule has 30 atom stereocenters. The van der Waals surface area contributed by atoms with E-state index in [9.17, 15) is 51.1 Å². The molecule has 1 spiro atoms. The van der Waals surface area contributed by atoms with Crippen LogP contribution in [0.15, 0.2) is 11.6 Å². The van der Waals surface area contributed by atoms with Gasteiger partial charge in [-0.05, 0) is 112 Å². The van der Waals surface area contributed by atoms with Gasteiger partial charge >= 0.3 is 0 Å². The Labute approximate surface area is 409 Å². The summed E-state index contributed by atoms with van der Waals surface area (Å²) in [6.07, 6.45) is -18.7. The van der Waals surface area contributed by atoms with Crippen LogP contribution < -0.4 is 5.32 Å². The Hall–Kier alpha value is -1.06. The summed E-state index contributed by atoms with van der Waals surface area (Å²) >= 11 is 0. The van der Waals surface area contributed by atoms with E-state index in [2.05, 4.69) is 39.1 Å². The van der Waals surface area contributed by atoms with Crippen LogP contribution in [0.3, 0.4) is 0 Å². The molecular formula is C50H81NO19. The number of nitrogens with one attached hydrogen (secondary N) is 1. The topological polar surface area (TPSA) is 297 Å². The number of rotatable bonds is 9. The molecule has 3 saturated carbocycles. The monoisotopic (exact) mass is 1000 g/mol. The molecule has 0 aromatic heterocycles. The quantitative estimate of drug-likeness (QED) is 0.127. The third kappa shape index (κ3) is 8.79. The Bertz CT molecular complexity index is 1860. The van der Waals surface area contributed by atoms with Crippen molar-refractivity contribution in [1.29, 1.82) is 0 Å². The first-order valence-electron chi connectivity index (χ1n) is 26.2. The van der Waals surface area contributed by atoms with Gasteiger partial charge in [0.15, 0.2) is 25.2 Å². The third-order valence-electron chi connectivity index (χ3n) is 19.6. The highest BCUT2D eigenvalue weighted by atomic mass is 16.8. The molecule has 0 aromatic carbocycles. The first kappa shape index (κ1) is 52.4. The lowest BCUT2D eigenvalue weighted by Gasteiger charge is -2.59. The summed E-state index contributed by atoms with van der Waals surface area (Å²) in [6.45, 7) is 12.5. The minimum atomic E-state index is -1.83. The zero-order chi connectivity index (χ0) is 49.9. The lowest BCUT2D eigenvalue weighted by Crippen LogP contribution is -2.68. The summed E-state index contributed by atoms with van der Waals surface area (Å²) in [6, 6.07) is 0. The van der Waals surface area contributed by atoms with Crippen molar-refractivity contribution >= 4 is 0 Å². The standard InChI is InChI=1S/C50H81NO19/c1-20-9-14-50(51-17-20)21(2)32-30(70-50)16-28-26-8-7-24-15-25(10-12-48(24,5)27(26)11-13-49(28,32)6)65-47-43(69-46-40(61)37(58)34(55)23(4)64-46)42(68-44-38(59)35(56)29(53)19-62-44)41(31(18-52)66-47)67-45-39(60)36(57)33(54)22(3)63-45/h7,20-23,25-47,51-61H,8-19H2,1-6H3. The number of hydrogen-bond donors (Lipinski definition) is 11. The minimum Gasteiger partial charge on any atom is -0.394 e. The fraction of sp³-hybridized carbons (Fsp3) is 0.960. The first-order valence-corrected chi connectivity index (χ1v) is 26.2. The van der Waals surface area contributed by atoms with E-state index >= 15 is 0 Å². The molecule has 6 aliphatic heterocycles. The maximum atomic E-state index is 11.3. The molecule has 30 unspecified atom stereocenters. The molecule has 0 radical (unpaired) electrons. The zero-order valence-electron chi connectivity index (χ0n) is 41.3. The smallest absolute Gasteiger partial charge is 0.187 e. The van der Waals surface area contributed by atoms with Crippen LogP contribution in [0.25, 0.3) is 0 Å². The van der Waals surface area contributed by atoms with Gasteiger partial charge in [-0.2, -0.15) is 0 Å². The van der Waals surface area contributed by atoms with Gasteiger partial charge in [0.1, 0.15) is 85.1 Å². The summed E-state index contributed by atoms with van der Waals surface area (Å²) in [5.41, 5.74) is 1.19. The molecule has 9 fully saturated rings. The molecule has 4 aliphatic carbocycles. The number of allylic oxidation sites excluding steroid dienone is 1. The highest BCUT2D eigenvalue weighted by molar-refractivity contribution is 5.27. The highest BCUT2D eigenvalue weighted by Gasteiger charge is 2.68. The molecule has 20 nitrogen and oxygen atoms in total. The van der Waals surface area contributed by atoms with Crippen molar-refractivity contribution in [3.8, 4) is 0 Å². The van der Waals surface area contributed by atoms with Crippen LogP contribution in [0, 0.1) is 46.3 Å². The molecule has 10 aliphatic rings. The molecule has 0 bridgehead atoms. The van der Waals surface area contributed by atoms with Crippen molar-refractivity contribution in [2.45, 2.75) is 234 Å². The minimum absolute atomic E-state index is 0.0821. The fourth-order valence-corrected chi connectivity index (χ4v) is 15.3. The molecule has 10 rings (SSSR count). The lowest BCUT2D eigenvalue weighted by molar-refractivity contribution is -0.407. The number of ether oxygens (including phenoxy) is 9. The zero-order valence-corrected chi connectivity index (χ0v) is 41.3. The number of fused-ring (bicyclic) bond motifs is 7. The fourth-order valence-electron chi connectivity index (χ4n) is 15.3. The van der Waals surface area contributed by atoms with Gasteiger partial charge in [-0.3, -0.25) is 5.32 Å². The second-order valence-electron chi connectivity index (χ2n) is 23.6. The first-order chi connectivity index (χ1) is 33.2. The van der Waals surface area contributed by atoms with Gasteiger partial charge in [-0.1, -0.05) is 39.3 Å². The van der Waals surface area contributed by atoms with Crippen molar-refractivity contribution < 1.29 is 93.7 Å². The van der Waals surface area contributed by atoms with E-state index in [-0.39, 0.29) is 22.7 Å². The van der Waals surface area contributed by atoms with Gasteiger partial charge in [-0.15, -0.1) is 0 Å². The molecular weight excluding hydrogens is 919 g/mol. The molecule has 6 saturated heterocycles. The van der Waals surface area contributed by atoms with Crippen LogP contribution in [-0.4, -0.2) is 205 Å². The lowest BCUT2D eigenvalue weighted by atomic mass is 9.47. The van der Waals surface area contributed by atoms with Crippen LogP contribution in [0.2, 0.25) is 0 Å². The molecule has 20 heteroatoms. The van der Waals surface area contributed by atoms with Crippen LogP contribution in [0.1, 0.15) is 99.3 Å². The predicted octanol–water partition coefficient (Wildman–Crippen LogP) is -0.722. The largest absolute Gasteiger partial charge is 0.394 e. The molecule has 70 heavy (non-hydrogen) atoms. The van der Waals surface area contributed by atoms with Gasteiger partial charge in [-0.25, -0.2) is 0 Å². The van der Waals surface area contributed by atoms with Crippen LogP contribution >= 0.6 is 0 Å². The second kappa shape index (κ2) is 19.8. The van der Waals surface area contributed by atoms with E-state index in [0.717, 1.165) is 45.1 Å². The van der Waals surface area contributed by atoms with Gasteiger partial charge in [0.2, 0.25) is 0 Å². The van der Waals surface area contributed by atoms with E-state index in [1.165, 1.54) is 25.8 Å². The number of hydrogen-bond acceptors (Lipinski definition) is 20. The average molecular weight is 1000 g/mol. The predicted molar refractivity (Wildman–Crippen MR) is 241 cm³/mol. The maximum Gasteiger partial charge on any atom is 0.187 e. The average Bonchev–Trinajstić information content (AvgIpc) is 3.79. The van der Waals surface area contributed by atoms with Gasteiger partial charge in [0, 0.05) is 12.5 Å². The molecule has 11 N–H and O–H groups in total. The van der Waals surface area contributed by atoms with Gasteiger partial charge < -0.3 is 93.7 Å². The van der Waals surface area contributed by atoms with E-state index in [1.807, 2.05) is 0 Å². The van der Waals surface area contributed by atoms with Gasteiger partial charge in [0.05, 0.1) is 37.6 Å². The van der Waals surface area contributed by atoms with Gasteiger partial charge in [0.25, 0.3) is 0 Å². The van der Waals surface area contributed by atoms with Crippen LogP contribution in [-0.2, 0) is 42.6 Å². The van der Waals surface area contributed by atoms with Crippen molar-refractivity contribution in [1.82, 2.24) is 5.32 Å². The Balaban J connectivity index is 0.920. The Morgan fingerprint density at radius 3 is 1.94 bits per heavy atom. The summed E-state index contributed by atoms with van der Waals surface area (Å²) in [4.78, 5) is 0. The highest BCUT2D eigenvalue weighted by Crippen LogP contribution is 2.70. The summed E-state index contributed by atoms with van der Waals surface area (Å²) in [5, 5.41) is 112. The van der Waals surface area contributed by atoms with Crippen molar-refractivity contribution in [3.63, 3.8) is 0 Å². The Morgan fingerprint density at radius 2 is 1.30 bits per heavy atom. The molecule has 400 valence electrons. The van der Waals surface area contributed by atoms with E-state index in [1.54, 1.807) is 0 Å². The number of aliphatic hydroxyl groups excluding tert-OH is 10. The summed E-state index contributed by atoms with van der Waals surface area (Å²) < 4.78 is 57.2. The molecule has 0 aromatic rings. The Kier molecular flexibility index (Phi) is 14.8. The number of piperidine rings is 1. The van der Waals surface area contributed by atoms with Crippen LogP contribution in [0.5, 0.6) is 0 Å². The second-order valence-corrected chi connectivity index (χ2v) is 23.6. The number of aliphatic hydroxyl groups is 10. The Morgan fingerprint density at radius 1 is 0.657 bits per heavy atom. The summed E-state index contributed by atoms with van der Waals surface area (Å²) in [5.74, 6) is 3.16. The van der Waals surface area contributed by atoms with E-state index < -0.39 is 136 Å². The maximum absolute atomic E-state index is 11.3. The SMILES string of the molecule is CC1CCC2(NC1)OC1CC3C4CC=C5CC(OC6OC(CO)C(OC7OC(C)C(O)C(O)C7O)C(OC7OCC(O)C(O)C7O)C6OC6OC(C)C(O)C(O)C6O)CCC5(C)C4CCC3(C)C1C2C. The van der Waals surface area contributed by atoms with Crippen molar-refractivity contribution in [3.05, 3.63) is 11.6 Å². The van der Waals surface area contributed by atoms with E-state index in [4.69, 9.17) is 42.6 Å².